The molecule has 100 valence electrons. The normalized spacial score (nSPS) is 16.4. The lowest BCUT2D eigenvalue weighted by Gasteiger charge is -2.24. The molecule has 0 spiro atoms. The molecule has 0 saturated heterocycles. The van der Waals surface area contributed by atoms with Crippen LogP contribution < -0.4 is 5.32 Å². The van der Waals surface area contributed by atoms with Crippen LogP contribution in [0.4, 0.5) is 5.69 Å². The Labute approximate surface area is 118 Å². The van der Waals surface area contributed by atoms with Crippen LogP contribution >= 0.6 is 23.2 Å². The molecule has 1 saturated carbocycles. The number of halogens is 2. The fourth-order valence-electron chi connectivity index (χ4n) is 2.37. The van der Waals surface area contributed by atoms with Gasteiger partial charge in [-0.1, -0.05) is 36.0 Å². The maximum Gasteiger partial charge on any atom is 0.174 e. The number of hydrogen-bond donors (Lipinski definition) is 1. The standard InChI is InChI=1S/C12H18Cl2N4/c1-18(9-4-2-3-5-9)7-6-15-10-8-11(13)16-17-12(10)14/h8-9H,2-7H2,1H3,(H,15,16). The van der Waals surface area contributed by atoms with E-state index in [1.54, 1.807) is 6.07 Å². The molecule has 2 rings (SSSR count). The van der Waals surface area contributed by atoms with Crippen LogP contribution in [0, 0.1) is 0 Å². The van der Waals surface area contributed by atoms with Crippen LogP contribution in [0.1, 0.15) is 25.7 Å². The molecule has 0 aromatic carbocycles. The maximum absolute atomic E-state index is 5.93. The minimum absolute atomic E-state index is 0.353. The Bertz CT molecular complexity index is 394. The Kier molecular flexibility index (Phi) is 5.03. The third-order valence-corrected chi connectivity index (χ3v) is 3.91. The zero-order valence-electron chi connectivity index (χ0n) is 10.5. The number of rotatable bonds is 5. The van der Waals surface area contributed by atoms with Crippen molar-refractivity contribution in [2.24, 2.45) is 0 Å². The van der Waals surface area contributed by atoms with E-state index in [0.29, 0.717) is 10.3 Å². The average Bonchev–Trinajstić information content (AvgIpc) is 2.87. The van der Waals surface area contributed by atoms with E-state index in [0.717, 1.165) is 24.8 Å². The van der Waals surface area contributed by atoms with Crippen LogP contribution in [-0.2, 0) is 0 Å². The number of nitrogens with one attached hydrogen (secondary N) is 1. The highest BCUT2D eigenvalue weighted by atomic mass is 35.5. The van der Waals surface area contributed by atoms with Crippen molar-refractivity contribution in [3.8, 4) is 0 Å². The lowest BCUT2D eigenvalue weighted by Crippen LogP contribution is -2.33. The van der Waals surface area contributed by atoms with E-state index in [9.17, 15) is 0 Å². The Morgan fingerprint density at radius 1 is 1.33 bits per heavy atom. The van der Waals surface area contributed by atoms with Crippen LogP contribution in [0.2, 0.25) is 10.3 Å². The van der Waals surface area contributed by atoms with Gasteiger partial charge in [0, 0.05) is 25.2 Å². The maximum atomic E-state index is 5.93. The second-order valence-electron chi connectivity index (χ2n) is 4.72. The van der Waals surface area contributed by atoms with Crippen molar-refractivity contribution in [2.45, 2.75) is 31.7 Å². The first-order valence-electron chi connectivity index (χ1n) is 6.29. The van der Waals surface area contributed by atoms with Gasteiger partial charge in [0.2, 0.25) is 0 Å². The Balaban J connectivity index is 1.79. The molecular weight excluding hydrogens is 271 g/mol. The van der Waals surface area contributed by atoms with Crippen molar-refractivity contribution in [3.05, 3.63) is 16.4 Å². The molecule has 6 heteroatoms. The second kappa shape index (κ2) is 6.55. The highest BCUT2D eigenvalue weighted by Crippen LogP contribution is 2.23. The Hall–Kier alpha value is -0.580. The molecule has 0 atom stereocenters. The van der Waals surface area contributed by atoms with E-state index in [2.05, 4.69) is 27.5 Å². The van der Waals surface area contributed by atoms with Crippen molar-refractivity contribution in [1.82, 2.24) is 15.1 Å². The summed E-state index contributed by atoms with van der Waals surface area (Å²) in [6, 6.07) is 2.44. The summed E-state index contributed by atoms with van der Waals surface area (Å²) >= 11 is 11.7. The van der Waals surface area contributed by atoms with Gasteiger partial charge in [-0.15, -0.1) is 10.2 Å². The molecule has 0 aliphatic heterocycles. The lowest BCUT2D eigenvalue weighted by molar-refractivity contribution is 0.254. The van der Waals surface area contributed by atoms with E-state index in [-0.39, 0.29) is 0 Å². The third kappa shape index (κ3) is 3.70. The molecule has 1 aromatic rings. The van der Waals surface area contributed by atoms with Crippen LogP contribution in [-0.4, -0.2) is 41.3 Å². The largest absolute Gasteiger partial charge is 0.381 e. The van der Waals surface area contributed by atoms with Gasteiger partial charge in [0.25, 0.3) is 0 Å². The van der Waals surface area contributed by atoms with Crippen molar-refractivity contribution in [1.29, 1.82) is 0 Å². The predicted molar refractivity (Wildman–Crippen MR) is 75.4 cm³/mol. The van der Waals surface area contributed by atoms with Gasteiger partial charge < -0.3 is 10.2 Å². The second-order valence-corrected chi connectivity index (χ2v) is 5.46. The van der Waals surface area contributed by atoms with Gasteiger partial charge in [-0.2, -0.15) is 0 Å². The monoisotopic (exact) mass is 288 g/mol. The molecule has 1 N–H and O–H groups in total. The van der Waals surface area contributed by atoms with Gasteiger partial charge in [0.1, 0.15) is 0 Å². The van der Waals surface area contributed by atoms with Crippen molar-refractivity contribution < 1.29 is 0 Å². The first-order chi connectivity index (χ1) is 8.66. The first kappa shape index (κ1) is 13.8. The molecule has 1 aliphatic rings. The van der Waals surface area contributed by atoms with Gasteiger partial charge in [-0.25, -0.2) is 0 Å². The quantitative estimate of drug-likeness (QED) is 0.904. The number of nitrogens with zero attached hydrogens (tertiary/aromatic N) is 3. The SMILES string of the molecule is CN(CCNc1cc(Cl)nnc1Cl)C1CCCC1. The van der Waals surface area contributed by atoms with E-state index in [1.807, 2.05) is 0 Å². The minimum atomic E-state index is 0.353. The molecule has 1 aliphatic carbocycles. The third-order valence-electron chi connectivity index (χ3n) is 3.45. The van der Waals surface area contributed by atoms with E-state index in [1.165, 1.54) is 25.7 Å². The van der Waals surface area contributed by atoms with Crippen LogP contribution in [0.5, 0.6) is 0 Å². The van der Waals surface area contributed by atoms with Crippen LogP contribution in [0.25, 0.3) is 0 Å². The summed E-state index contributed by atoms with van der Waals surface area (Å²) in [6.45, 7) is 1.82. The van der Waals surface area contributed by atoms with Crippen molar-refractivity contribution >= 4 is 28.9 Å². The van der Waals surface area contributed by atoms with E-state index >= 15 is 0 Å². The summed E-state index contributed by atoms with van der Waals surface area (Å²) in [4.78, 5) is 2.41. The van der Waals surface area contributed by atoms with Crippen molar-refractivity contribution in [2.75, 3.05) is 25.5 Å². The van der Waals surface area contributed by atoms with E-state index < -0.39 is 0 Å². The molecule has 1 fully saturated rings. The van der Waals surface area contributed by atoms with Gasteiger partial charge in [0.05, 0.1) is 5.69 Å². The number of aromatic nitrogens is 2. The fraction of sp³-hybridized carbons (Fsp3) is 0.667. The van der Waals surface area contributed by atoms with Gasteiger partial charge >= 0.3 is 0 Å². The smallest absolute Gasteiger partial charge is 0.174 e. The lowest BCUT2D eigenvalue weighted by atomic mass is 10.2. The molecule has 18 heavy (non-hydrogen) atoms. The van der Waals surface area contributed by atoms with E-state index in [4.69, 9.17) is 23.2 Å². The topological polar surface area (TPSA) is 41.0 Å². The Morgan fingerprint density at radius 2 is 2.06 bits per heavy atom. The molecule has 0 unspecified atom stereocenters. The zero-order valence-corrected chi connectivity index (χ0v) is 12.0. The number of likely N-dealkylation sites (N-methyl/N-ethyl adjacent to an activating group) is 1. The Morgan fingerprint density at radius 3 is 2.78 bits per heavy atom. The van der Waals surface area contributed by atoms with Gasteiger partial charge in [0.15, 0.2) is 10.3 Å². The molecule has 4 nitrogen and oxygen atoms in total. The molecule has 0 bridgehead atoms. The van der Waals surface area contributed by atoms with Crippen molar-refractivity contribution in [3.63, 3.8) is 0 Å². The average molecular weight is 289 g/mol. The molecule has 1 heterocycles. The van der Waals surface area contributed by atoms with Crippen LogP contribution in [0.3, 0.4) is 0 Å². The minimum Gasteiger partial charge on any atom is -0.381 e. The summed E-state index contributed by atoms with van der Waals surface area (Å²) < 4.78 is 0. The zero-order chi connectivity index (χ0) is 13.0. The highest BCUT2D eigenvalue weighted by molar-refractivity contribution is 6.33. The first-order valence-corrected chi connectivity index (χ1v) is 7.05. The summed E-state index contributed by atoms with van der Waals surface area (Å²) in [6.07, 6.45) is 5.36. The van der Waals surface area contributed by atoms with Gasteiger partial charge in [-0.3, -0.25) is 0 Å². The van der Waals surface area contributed by atoms with Crippen LogP contribution in [0.15, 0.2) is 6.07 Å². The van der Waals surface area contributed by atoms with Gasteiger partial charge in [-0.05, 0) is 19.9 Å². The predicted octanol–water partition coefficient (Wildman–Crippen LogP) is 3.07. The highest BCUT2D eigenvalue weighted by Gasteiger charge is 2.18. The summed E-state index contributed by atoms with van der Waals surface area (Å²) in [5.41, 5.74) is 0.747. The number of hydrogen-bond acceptors (Lipinski definition) is 4. The number of anilines is 1. The fourth-order valence-corrected chi connectivity index (χ4v) is 2.68. The summed E-state index contributed by atoms with van der Waals surface area (Å²) in [7, 11) is 2.18. The summed E-state index contributed by atoms with van der Waals surface area (Å²) in [5.74, 6) is 0. The molecule has 0 radical (unpaired) electrons. The molecule has 0 amide bonds. The molecular formula is C12H18Cl2N4. The molecule has 1 aromatic heterocycles. The summed E-state index contributed by atoms with van der Waals surface area (Å²) in [5, 5.41) is 11.4.